The van der Waals surface area contributed by atoms with Crippen molar-refractivity contribution in [1.82, 2.24) is 9.88 Å². The average Bonchev–Trinajstić information content (AvgIpc) is 2.88. The van der Waals surface area contributed by atoms with Gasteiger partial charge in [0.2, 0.25) is 0 Å². The minimum absolute atomic E-state index is 0.150. The zero-order valence-corrected chi connectivity index (χ0v) is 12.9. The van der Waals surface area contributed by atoms with E-state index in [0.29, 0.717) is 31.9 Å². The molecular weight excluding hydrogens is 340 g/mol. The predicted molar refractivity (Wildman–Crippen MR) is 76.8 cm³/mol. The van der Waals surface area contributed by atoms with E-state index in [9.17, 15) is 14.7 Å². The summed E-state index contributed by atoms with van der Waals surface area (Å²) in [7, 11) is 0. The molecule has 3 heterocycles. The molecule has 3 rings (SSSR count). The fourth-order valence-corrected chi connectivity index (χ4v) is 3.35. The van der Waals surface area contributed by atoms with Crippen molar-refractivity contribution in [3.05, 3.63) is 28.5 Å². The molecule has 0 saturated carbocycles. The van der Waals surface area contributed by atoms with Crippen LogP contribution in [0.1, 0.15) is 16.9 Å². The molecule has 0 aliphatic carbocycles. The Morgan fingerprint density at radius 2 is 2.29 bits per heavy atom. The van der Waals surface area contributed by atoms with E-state index in [-0.39, 0.29) is 18.4 Å². The number of amides is 1. The number of rotatable bonds is 2. The maximum Gasteiger partial charge on any atom is 0.311 e. The fraction of sp³-hybridized carbons (Fsp3) is 0.500. The van der Waals surface area contributed by atoms with E-state index in [1.165, 1.54) is 0 Å². The first-order valence-corrected chi connectivity index (χ1v) is 7.54. The number of halogens is 1. The van der Waals surface area contributed by atoms with Crippen molar-refractivity contribution in [3.8, 4) is 0 Å². The van der Waals surface area contributed by atoms with Gasteiger partial charge in [0.15, 0.2) is 0 Å². The Kier molecular flexibility index (Phi) is 3.71. The van der Waals surface area contributed by atoms with Gasteiger partial charge in [-0.1, -0.05) is 0 Å². The molecule has 0 radical (unpaired) electrons. The molecule has 1 amide bonds. The minimum Gasteiger partial charge on any atom is -0.481 e. The summed E-state index contributed by atoms with van der Waals surface area (Å²) >= 11 is 3.27. The highest BCUT2D eigenvalue weighted by Crippen LogP contribution is 2.42. The summed E-state index contributed by atoms with van der Waals surface area (Å²) in [4.78, 5) is 29.9. The van der Waals surface area contributed by atoms with E-state index < -0.39 is 11.4 Å². The molecule has 2 atom stereocenters. The molecule has 2 aliphatic heterocycles. The third-order valence-electron chi connectivity index (χ3n) is 4.37. The Bertz CT molecular complexity index is 577. The summed E-state index contributed by atoms with van der Waals surface area (Å²) in [6.07, 6.45) is 2.01. The van der Waals surface area contributed by atoms with Gasteiger partial charge in [-0.2, -0.15) is 0 Å². The van der Waals surface area contributed by atoms with Gasteiger partial charge in [0.1, 0.15) is 5.69 Å². The molecule has 1 aromatic heterocycles. The molecule has 2 saturated heterocycles. The van der Waals surface area contributed by atoms with E-state index >= 15 is 0 Å². The summed E-state index contributed by atoms with van der Waals surface area (Å²) in [5, 5.41) is 9.59. The zero-order valence-electron chi connectivity index (χ0n) is 11.3. The smallest absolute Gasteiger partial charge is 0.311 e. The van der Waals surface area contributed by atoms with Gasteiger partial charge in [0, 0.05) is 36.3 Å². The monoisotopic (exact) mass is 354 g/mol. The molecule has 0 aromatic carbocycles. The van der Waals surface area contributed by atoms with Crippen LogP contribution in [0, 0.1) is 11.3 Å². The van der Waals surface area contributed by atoms with Crippen LogP contribution in [0.5, 0.6) is 0 Å². The average molecular weight is 355 g/mol. The second-order valence-electron chi connectivity index (χ2n) is 5.53. The standard InChI is InChI=1S/C14H15BrN2O4/c15-10-1-2-11(16-5-10)12(18)17-6-9-7-21-4-3-14(9,8-17)13(19)20/h1-2,5,9H,3-4,6-8H2,(H,19,20)/t9-,14+/m0/s1. The van der Waals surface area contributed by atoms with Crippen molar-refractivity contribution in [1.29, 1.82) is 0 Å². The van der Waals surface area contributed by atoms with Gasteiger partial charge < -0.3 is 14.7 Å². The van der Waals surface area contributed by atoms with Crippen molar-refractivity contribution in [2.24, 2.45) is 11.3 Å². The first kappa shape index (κ1) is 14.5. The molecule has 0 bridgehead atoms. The maximum atomic E-state index is 12.5. The second-order valence-corrected chi connectivity index (χ2v) is 6.45. The molecule has 1 N–H and O–H groups in total. The van der Waals surface area contributed by atoms with Crippen LogP contribution in [-0.2, 0) is 9.53 Å². The Morgan fingerprint density at radius 1 is 1.48 bits per heavy atom. The Morgan fingerprint density at radius 3 is 2.90 bits per heavy atom. The van der Waals surface area contributed by atoms with Crippen LogP contribution in [0.3, 0.4) is 0 Å². The van der Waals surface area contributed by atoms with Crippen molar-refractivity contribution in [3.63, 3.8) is 0 Å². The van der Waals surface area contributed by atoms with Gasteiger partial charge in [-0.25, -0.2) is 4.98 Å². The second kappa shape index (κ2) is 5.38. The lowest BCUT2D eigenvalue weighted by molar-refractivity contribution is -0.157. The number of pyridine rings is 1. The number of aromatic nitrogens is 1. The highest BCUT2D eigenvalue weighted by molar-refractivity contribution is 9.10. The zero-order chi connectivity index (χ0) is 15.0. The van der Waals surface area contributed by atoms with E-state index in [2.05, 4.69) is 20.9 Å². The molecule has 2 aliphatic rings. The molecule has 7 heteroatoms. The van der Waals surface area contributed by atoms with Gasteiger partial charge in [0.05, 0.1) is 12.0 Å². The number of carboxylic acid groups (broad SMARTS) is 1. The van der Waals surface area contributed by atoms with Gasteiger partial charge in [-0.05, 0) is 34.5 Å². The quantitative estimate of drug-likeness (QED) is 0.868. The lowest BCUT2D eigenvalue weighted by Crippen LogP contribution is -2.45. The van der Waals surface area contributed by atoms with Gasteiger partial charge >= 0.3 is 5.97 Å². The molecule has 2 fully saturated rings. The van der Waals surface area contributed by atoms with Crippen molar-refractivity contribution >= 4 is 27.8 Å². The highest BCUT2D eigenvalue weighted by atomic mass is 79.9. The predicted octanol–water partition coefficient (Wildman–Crippen LogP) is 1.41. The summed E-state index contributed by atoms with van der Waals surface area (Å²) in [5.41, 5.74) is -0.540. The number of ether oxygens (including phenoxy) is 1. The number of likely N-dealkylation sites (tertiary alicyclic amines) is 1. The molecule has 6 nitrogen and oxygen atoms in total. The van der Waals surface area contributed by atoms with E-state index in [0.717, 1.165) is 4.47 Å². The fourth-order valence-electron chi connectivity index (χ4n) is 3.12. The van der Waals surface area contributed by atoms with Crippen LogP contribution in [0.2, 0.25) is 0 Å². The van der Waals surface area contributed by atoms with Crippen molar-refractivity contribution < 1.29 is 19.4 Å². The minimum atomic E-state index is -0.872. The number of aliphatic carboxylic acids is 1. The van der Waals surface area contributed by atoms with E-state index in [1.807, 2.05) is 0 Å². The molecule has 0 spiro atoms. The van der Waals surface area contributed by atoms with Crippen LogP contribution in [0.25, 0.3) is 0 Å². The van der Waals surface area contributed by atoms with Gasteiger partial charge in [-0.15, -0.1) is 0 Å². The molecule has 112 valence electrons. The van der Waals surface area contributed by atoms with Crippen LogP contribution in [0.15, 0.2) is 22.8 Å². The Hall–Kier alpha value is -1.47. The van der Waals surface area contributed by atoms with E-state index in [4.69, 9.17) is 4.74 Å². The van der Waals surface area contributed by atoms with Gasteiger partial charge in [-0.3, -0.25) is 9.59 Å². The van der Waals surface area contributed by atoms with Gasteiger partial charge in [0.25, 0.3) is 5.91 Å². The lowest BCUT2D eigenvalue weighted by Gasteiger charge is -2.33. The van der Waals surface area contributed by atoms with Crippen LogP contribution in [0.4, 0.5) is 0 Å². The summed E-state index contributed by atoms with van der Waals surface area (Å²) in [6.45, 7) is 1.46. The summed E-state index contributed by atoms with van der Waals surface area (Å²) in [5.74, 6) is -1.21. The summed E-state index contributed by atoms with van der Waals surface area (Å²) < 4.78 is 6.18. The largest absolute Gasteiger partial charge is 0.481 e. The number of carboxylic acids is 1. The van der Waals surface area contributed by atoms with Crippen molar-refractivity contribution in [2.75, 3.05) is 26.3 Å². The SMILES string of the molecule is O=C(c1ccc(Br)cn1)N1C[C@H]2COCC[C@@]2(C(=O)O)C1. The third kappa shape index (κ3) is 2.44. The summed E-state index contributed by atoms with van der Waals surface area (Å²) in [6, 6.07) is 3.39. The number of carbonyl (C=O) groups is 2. The first-order chi connectivity index (χ1) is 10.0. The topological polar surface area (TPSA) is 79.7 Å². The Balaban J connectivity index is 1.83. The lowest BCUT2D eigenvalue weighted by atomic mass is 9.74. The van der Waals surface area contributed by atoms with Crippen molar-refractivity contribution in [2.45, 2.75) is 6.42 Å². The normalized spacial score (nSPS) is 28.2. The number of nitrogens with zero attached hydrogens (tertiary/aromatic N) is 2. The maximum absolute atomic E-state index is 12.5. The molecule has 1 aromatic rings. The number of hydrogen-bond donors (Lipinski definition) is 1. The number of hydrogen-bond acceptors (Lipinski definition) is 4. The number of fused-ring (bicyclic) bond motifs is 1. The van der Waals surface area contributed by atoms with Crippen LogP contribution in [-0.4, -0.2) is 53.2 Å². The number of carbonyl (C=O) groups excluding carboxylic acids is 1. The van der Waals surface area contributed by atoms with E-state index in [1.54, 1.807) is 23.2 Å². The first-order valence-electron chi connectivity index (χ1n) is 6.75. The molecule has 21 heavy (non-hydrogen) atoms. The molecular formula is C14H15BrN2O4. The van der Waals surface area contributed by atoms with Crippen LogP contribution >= 0.6 is 15.9 Å². The highest BCUT2D eigenvalue weighted by Gasteiger charge is 2.55. The van der Waals surface area contributed by atoms with Crippen LogP contribution < -0.4 is 0 Å². The molecule has 0 unspecified atom stereocenters. The third-order valence-corrected chi connectivity index (χ3v) is 4.84. The Labute approximate surface area is 130 Å².